The van der Waals surface area contributed by atoms with E-state index in [9.17, 15) is 23.1 Å². The maximum absolute atomic E-state index is 12.8. The molecule has 8 unspecified atom stereocenters. The molecule has 0 aromatic rings. The lowest BCUT2D eigenvalue weighted by Crippen LogP contribution is -2.65. The molecule has 1 spiro atoms. The van der Waals surface area contributed by atoms with Gasteiger partial charge in [-0.05, 0) is 37.7 Å². The van der Waals surface area contributed by atoms with Crippen LogP contribution < -0.4 is 0 Å². The summed E-state index contributed by atoms with van der Waals surface area (Å²) in [5, 5.41) is 11.1. The van der Waals surface area contributed by atoms with Crippen molar-refractivity contribution in [2.45, 2.75) is 69.5 Å². The number of epoxide rings is 1. The zero-order chi connectivity index (χ0) is 21.2. The van der Waals surface area contributed by atoms with Crippen LogP contribution in [0, 0.1) is 16.7 Å². The molecule has 160 valence electrons. The monoisotopic (exact) mass is 426 g/mol. The number of hydrogen-bond acceptors (Lipinski definition) is 8. The van der Waals surface area contributed by atoms with E-state index in [1.165, 1.54) is 13.0 Å². The summed E-state index contributed by atoms with van der Waals surface area (Å²) in [7, 11) is -3.56. The quantitative estimate of drug-likeness (QED) is 0.512. The normalized spacial score (nSPS) is 49.6. The zero-order valence-electron chi connectivity index (χ0n) is 16.9. The van der Waals surface area contributed by atoms with Gasteiger partial charge in [0.05, 0.1) is 11.2 Å². The maximum Gasteiger partial charge on any atom is 0.331 e. The lowest BCUT2D eigenvalue weighted by molar-refractivity contribution is -0.169. The number of cyclic esters (lactones) is 1. The fourth-order valence-electron chi connectivity index (χ4n) is 6.99. The van der Waals surface area contributed by atoms with Crippen LogP contribution in [0.5, 0.6) is 0 Å². The molecule has 0 bridgehead atoms. The van der Waals surface area contributed by atoms with E-state index >= 15 is 0 Å². The molecule has 9 heteroatoms. The van der Waals surface area contributed by atoms with Crippen molar-refractivity contribution >= 4 is 21.8 Å². The zero-order valence-corrected chi connectivity index (χ0v) is 17.7. The van der Waals surface area contributed by atoms with Crippen molar-refractivity contribution in [1.29, 1.82) is 0 Å². The average molecular weight is 426 g/mol. The lowest BCUT2D eigenvalue weighted by atomic mass is 9.47. The number of sulfone groups is 1. The van der Waals surface area contributed by atoms with Gasteiger partial charge >= 0.3 is 11.9 Å². The van der Waals surface area contributed by atoms with Gasteiger partial charge in [-0.25, -0.2) is 13.2 Å². The van der Waals surface area contributed by atoms with E-state index in [0.29, 0.717) is 5.57 Å². The first kappa shape index (κ1) is 19.5. The third-order valence-corrected chi connectivity index (χ3v) is 8.94. The molecular weight excluding hydrogens is 400 g/mol. The summed E-state index contributed by atoms with van der Waals surface area (Å²) < 4.78 is 41.3. The summed E-state index contributed by atoms with van der Waals surface area (Å²) in [6.07, 6.45) is 2.43. The minimum atomic E-state index is -3.56. The van der Waals surface area contributed by atoms with Crippen LogP contribution in [0.2, 0.25) is 0 Å². The molecule has 0 amide bonds. The predicted octanol–water partition coefficient (Wildman–Crippen LogP) is 0.523. The summed E-state index contributed by atoms with van der Waals surface area (Å²) in [4.78, 5) is 25.3. The third-order valence-electron chi connectivity index (χ3n) is 7.83. The Morgan fingerprint density at radius 3 is 2.52 bits per heavy atom. The number of aliphatic hydroxyl groups is 1. The topological polar surface area (TPSA) is 119 Å². The molecule has 0 aromatic carbocycles. The number of carbonyl (C=O) groups excluding carboxylic acids is 2. The van der Waals surface area contributed by atoms with Gasteiger partial charge in [0.1, 0.15) is 27.6 Å². The first-order chi connectivity index (χ1) is 13.3. The van der Waals surface area contributed by atoms with Crippen molar-refractivity contribution in [3.63, 3.8) is 0 Å². The van der Waals surface area contributed by atoms with Gasteiger partial charge in [-0.1, -0.05) is 13.3 Å². The molecule has 2 saturated heterocycles. The van der Waals surface area contributed by atoms with E-state index < -0.39 is 61.9 Å². The van der Waals surface area contributed by atoms with Crippen LogP contribution in [0.3, 0.4) is 0 Å². The summed E-state index contributed by atoms with van der Waals surface area (Å²) in [6.45, 7) is 5.30. The van der Waals surface area contributed by atoms with Gasteiger partial charge in [-0.3, -0.25) is 4.79 Å². The Morgan fingerprint density at radius 1 is 1.21 bits per heavy atom. The fourth-order valence-corrected chi connectivity index (χ4v) is 8.20. The molecule has 3 aliphatic heterocycles. The Hall–Kier alpha value is -1.45. The van der Waals surface area contributed by atoms with E-state index in [1.807, 2.05) is 13.8 Å². The Kier molecular flexibility index (Phi) is 3.52. The molecule has 5 aliphatic rings. The highest BCUT2D eigenvalue weighted by molar-refractivity contribution is 7.90. The van der Waals surface area contributed by atoms with Gasteiger partial charge < -0.3 is 19.3 Å². The van der Waals surface area contributed by atoms with Crippen molar-refractivity contribution in [3.05, 3.63) is 11.6 Å². The van der Waals surface area contributed by atoms with Gasteiger partial charge in [0.15, 0.2) is 11.7 Å². The average Bonchev–Trinajstić information content (AvgIpc) is 3.21. The van der Waals surface area contributed by atoms with Crippen LogP contribution in [-0.4, -0.2) is 67.0 Å². The highest BCUT2D eigenvalue weighted by atomic mass is 32.2. The summed E-state index contributed by atoms with van der Waals surface area (Å²) in [6, 6.07) is 0. The van der Waals surface area contributed by atoms with E-state index in [0.717, 1.165) is 25.5 Å². The smallest absolute Gasteiger partial charge is 0.331 e. The minimum Gasteiger partial charge on any atom is -0.459 e. The molecule has 0 aromatic heterocycles. The van der Waals surface area contributed by atoms with Crippen LogP contribution in [0.25, 0.3) is 0 Å². The van der Waals surface area contributed by atoms with Crippen molar-refractivity contribution in [1.82, 2.24) is 0 Å². The number of ether oxygens (including phenoxy) is 3. The minimum absolute atomic E-state index is 0.144. The van der Waals surface area contributed by atoms with Crippen LogP contribution in [0.4, 0.5) is 0 Å². The van der Waals surface area contributed by atoms with Gasteiger partial charge in [0.2, 0.25) is 0 Å². The molecule has 1 N–H and O–H groups in total. The highest BCUT2D eigenvalue weighted by Gasteiger charge is 2.84. The lowest BCUT2D eigenvalue weighted by Gasteiger charge is -2.54. The van der Waals surface area contributed by atoms with Gasteiger partial charge in [0, 0.05) is 18.2 Å². The first-order valence-corrected chi connectivity index (χ1v) is 12.0. The van der Waals surface area contributed by atoms with Crippen LogP contribution in [0.1, 0.15) is 40.0 Å². The molecule has 5 rings (SSSR count). The number of esters is 2. The van der Waals surface area contributed by atoms with Crippen molar-refractivity contribution in [3.8, 4) is 0 Å². The third kappa shape index (κ3) is 2.29. The molecule has 0 radical (unpaired) electrons. The molecule has 3 heterocycles. The van der Waals surface area contributed by atoms with E-state index in [4.69, 9.17) is 14.2 Å². The van der Waals surface area contributed by atoms with E-state index in [1.54, 1.807) is 0 Å². The molecular formula is C20H26O8S. The summed E-state index contributed by atoms with van der Waals surface area (Å²) in [5.74, 6) is -1.61. The predicted molar refractivity (Wildman–Crippen MR) is 99.3 cm³/mol. The van der Waals surface area contributed by atoms with Crippen LogP contribution in [0.15, 0.2) is 11.6 Å². The molecule has 29 heavy (non-hydrogen) atoms. The van der Waals surface area contributed by atoms with Crippen molar-refractivity contribution in [2.24, 2.45) is 16.7 Å². The van der Waals surface area contributed by atoms with Crippen molar-refractivity contribution < 1.29 is 37.3 Å². The number of fused-ring (bicyclic) bond motifs is 2. The largest absolute Gasteiger partial charge is 0.459 e. The van der Waals surface area contributed by atoms with Gasteiger partial charge in [0.25, 0.3) is 0 Å². The SMILES string of the molecule is CC(O)(CS(C)(=O)=O)C1OC(=O)C=C2C3(C)CCCC4(C)C(=O)OC(C43)C3OC231. The van der Waals surface area contributed by atoms with E-state index in [2.05, 4.69) is 0 Å². The first-order valence-electron chi connectivity index (χ1n) is 9.98. The van der Waals surface area contributed by atoms with Gasteiger partial charge in [-0.15, -0.1) is 0 Å². The molecule has 8 atom stereocenters. The number of hydrogen-bond donors (Lipinski definition) is 1. The van der Waals surface area contributed by atoms with E-state index in [-0.39, 0.29) is 11.9 Å². The Bertz CT molecular complexity index is 967. The molecule has 4 fully saturated rings. The fraction of sp³-hybridized carbons (Fsp3) is 0.800. The summed E-state index contributed by atoms with van der Waals surface area (Å²) >= 11 is 0. The second-order valence-electron chi connectivity index (χ2n) is 10.2. The van der Waals surface area contributed by atoms with Crippen LogP contribution in [-0.2, 0) is 33.6 Å². The molecule has 2 aliphatic carbocycles. The second-order valence-corrected chi connectivity index (χ2v) is 12.3. The van der Waals surface area contributed by atoms with Crippen molar-refractivity contribution in [2.75, 3.05) is 12.0 Å². The summed E-state index contributed by atoms with van der Waals surface area (Å²) in [5.41, 5.74) is -3.52. The highest BCUT2D eigenvalue weighted by Crippen LogP contribution is 2.73. The Labute approximate surface area is 169 Å². The number of rotatable bonds is 3. The second kappa shape index (κ2) is 5.23. The molecule has 2 saturated carbocycles. The van der Waals surface area contributed by atoms with Crippen LogP contribution >= 0.6 is 0 Å². The Morgan fingerprint density at radius 2 is 1.86 bits per heavy atom. The Balaban J connectivity index is 1.66. The molecule has 8 nitrogen and oxygen atoms in total. The number of carbonyl (C=O) groups is 2. The van der Waals surface area contributed by atoms with Gasteiger partial charge in [-0.2, -0.15) is 0 Å². The maximum atomic E-state index is 12.8. The standard InChI is InChI=1S/C20H26O8S/c1-17-6-5-7-18(2)13(17)12(27-16(18)22)14-20(28-14)10(17)8-11(21)26-15(20)19(3,23)9-29(4,24)25/h8,12-15,23H,5-7,9H2,1-4H3.